The third-order valence-electron chi connectivity index (χ3n) is 7.73. The number of nitrogens with zero attached hydrogens (tertiary/aromatic N) is 2. The molecule has 0 spiro atoms. The zero-order valence-corrected chi connectivity index (χ0v) is 23.5. The molecule has 0 aliphatic carbocycles. The maximum Gasteiger partial charge on any atom is 0.310 e. The summed E-state index contributed by atoms with van der Waals surface area (Å²) in [7, 11) is 0. The van der Waals surface area contributed by atoms with Crippen molar-refractivity contribution in [3.8, 4) is 5.75 Å². The Balaban J connectivity index is 1.17. The first-order valence-corrected chi connectivity index (χ1v) is 14.9. The molecule has 0 unspecified atom stereocenters. The van der Waals surface area contributed by atoms with Crippen molar-refractivity contribution in [2.24, 2.45) is 0 Å². The molecule has 2 aromatic carbocycles. The number of anilines is 1. The predicted octanol–water partition coefficient (Wildman–Crippen LogP) is 5.93. The number of H-pyrrole nitrogens is 1. The van der Waals surface area contributed by atoms with Crippen LogP contribution in [-0.4, -0.2) is 61.5 Å². The molecular formula is C31H38N3O4S+. The molecule has 8 heteroatoms. The lowest BCUT2D eigenvalue weighted by Crippen LogP contribution is -2.61. The summed E-state index contributed by atoms with van der Waals surface area (Å²) in [4.78, 5) is 29.3. The highest BCUT2D eigenvalue weighted by atomic mass is 32.1. The smallest absolute Gasteiger partial charge is 0.310 e. The second kappa shape index (κ2) is 12.7. The molecule has 1 fully saturated rings. The lowest BCUT2D eigenvalue weighted by Gasteiger charge is -2.45. The number of rotatable bonds is 12. The second-order valence-electron chi connectivity index (χ2n) is 10.5. The number of hydrogen-bond donors (Lipinski definition) is 1. The first-order chi connectivity index (χ1) is 19.0. The number of benzene rings is 2. The van der Waals surface area contributed by atoms with Crippen LogP contribution in [0.5, 0.6) is 5.75 Å². The summed E-state index contributed by atoms with van der Waals surface area (Å²) in [5, 5.41) is 4.47. The van der Waals surface area contributed by atoms with Crippen molar-refractivity contribution in [3.63, 3.8) is 0 Å². The number of esters is 1. The Kier molecular flexibility index (Phi) is 8.84. The zero-order valence-electron chi connectivity index (χ0n) is 22.7. The minimum atomic E-state index is -0.115. The van der Waals surface area contributed by atoms with Crippen molar-refractivity contribution in [3.05, 3.63) is 70.3 Å². The van der Waals surface area contributed by atoms with E-state index in [0.717, 1.165) is 79.5 Å². The van der Waals surface area contributed by atoms with Crippen molar-refractivity contribution < 1.29 is 18.8 Å². The predicted molar refractivity (Wildman–Crippen MR) is 159 cm³/mol. The van der Waals surface area contributed by atoms with E-state index in [1.807, 2.05) is 24.3 Å². The highest BCUT2D eigenvalue weighted by Crippen LogP contribution is 2.32. The van der Waals surface area contributed by atoms with Gasteiger partial charge in [-0.1, -0.05) is 19.4 Å². The standard InChI is InChI=1S/C31H37N3O4S/c1-2-3-9-31(36)38-23-34(18-15-33(16-19-34)28-7-6-8-29-26(28)14-21-39-29)17-4-5-20-37-25-12-10-24-11-13-30(35)32-27(24)22-25/h6-8,10-14,21-22H,2-5,9,15-20,23H2,1H3/p+1. The van der Waals surface area contributed by atoms with E-state index in [4.69, 9.17) is 9.47 Å². The molecule has 2 aromatic heterocycles. The number of fused-ring (bicyclic) bond motifs is 2. The van der Waals surface area contributed by atoms with E-state index in [-0.39, 0.29) is 11.5 Å². The fourth-order valence-electron chi connectivity index (χ4n) is 5.36. The maximum absolute atomic E-state index is 12.4. The number of thiophene rings is 1. The first kappa shape index (κ1) is 27.2. The zero-order chi connectivity index (χ0) is 27.1. The molecule has 3 heterocycles. The summed E-state index contributed by atoms with van der Waals surface area (Å²) in [5.41, 5.74) is 1.97. The molecule has 1 saturated heterocycles. The molecule has 1 aliphatic heterocycles. The van der Waals surface area contributed by atoms with E-state index < -0.39 is 0 Å². The molecule has 206 valence electrons. The first-order valence-electron chi connectivity index (χ1n) is 14.0. The van der Waals surface area contributed by atoms with Crippen molar-refractivity contribution in [1.29, 1.82) is 0 Å². The molecule has 4 aromatic rings. The topological polar surface area (TPSA) is 71.6 Å². The van der Waals surface area contributed by atoms with E-state index in [0.29, 0.717) is 19.8 Å². The van der Waals surface area contributed by atoms with Gasteiger partial charge in [0, 0.05) is 34.3 Å². The number of quaternary nitrogens is 1. The quantitative estimate of drug-likeness (QED) is 0.135. The average Bonchev–Trinajstić information content (AvgIpc) is 3.44. The highest BCUT2D eigenvalue weighted by molar-refractivity contribution is 7.17. The van der Waals surface area contributed by atoms with Gasteiger partial charge in [-0.05, 0) is 66.4 Å². The molecule has 0 bridgehead atoms. The molecule has 1 N–H and O–H groups in total. The van der Waals surface area contributed by atoms with Crippen molar-refractivity contribution in [1.82, 2.24) is 4.98 Å². The number of pyridine rings is 1. The second-order valence-corrected chi connectivity index (χ2v) is 11.4. The number of carbonyl (C=O) groups excluding carboxylic acids is 1. The number of aromatic nitrogens is 1. The summed E-state index contributed by atoms with van der Waals surface area (Å²) < 4.78 is 13.9. The largest absolute Gasteiger partial charge is 0.494 e. The number of carbonyl (C=O) groups is 1. The fraction of sp³-hybridized carbons (Fsp3) is 0.419. The fourth-order valence-corrected chi connectivity index (χ4v) is 6.17. The van der Waals surface area contributed by atoms with Crippen LogP contribution in [0.2, 0.25) is 0 Å². The molecule has 0 atom stereocenters. The minimum Gasteiger partial charge on any atom is -0.494 e. The molecule has 0 saturated carbocycles. The van der Waals surface area contributed by atoms with Crippen LogP contribution in [0, 0.1) is 0 Å². The van der Waals surface area contributed by atoms with Crippen molar-refractivity contribution in [2.45, 2.75) is 39.0 Å². The van der Waals surface area contributed by atoms with Crippen LogP contribution in [-0.2, 0) is 9.53 Å². The van der Waals surface area contributed by atoms with Gasteiger partial charge >= 0.3 is 5.97 Å². The number of piperazine rings is 1. The lowest BCUT2D eigenvalue weighted by molar-refractivity contribution is -0.944. The van der Waals surface area contributed by atoms with Gasteiger partial charge in [-0.25, -0.2) is 0 Å². The monoisotopic (exact) mass is 548 g/mol. The number of ether oxygens (including phenoxy) is 2. The average molecular weight is 549 g/mol. The van der Waals surface area contributed by atoms with Crippen LogP contribution in [0.15, 0.2) is 64.8 Å². The Labute approximate surface area is 233 Å². The number of aromatic amines is 1. The normalized spacial score (nSPS) is 15.1. The third kappa shape index (κ3) is 6.81. The molecule has 7 nitrogen and oxygen atoms in total. The van der Waals surface area contributed by atoms with Crippen molar-refractivity contribution >= 4 is 44.0 Å². The highest BCUT2D eigenvalue weighted by Gasteiger charge is 2.34. The molecule has 0 radical (unpaired) electrons. The summed E-state index contributed by atoms with van der Waals surface area (Å²) in [6, 6.07) is 17.9. The lowest BCUT2D eigenvalue weighted by atomic mass is 10.1. The van der Waals surface area contributed by atoms with E-state index in [1.165, 1.54) is 21.8 Å². The third-order valence-corrected chi connectivity index (χ3v) is 8.61. The summed E-state index contributed by atoms with van der Waals surface area (Å²) in [6.45, 7) is 7.85. The molecule has 5 rings (SSSR count). The minimum absolute atomic E-state index is 0.0856. The molecular weight excluding hydrogens is 510 g/mol. The van der Waals surface area contributed by atoms with Gasteiger partial charge in [-0.3, -0.25) is 14.1 Å². The Morgan fingerprint density at radius 1 is 1.05 bits per heavy atom. The Bertz CT molecular complexity index is 1460. The summed E-state index contributed by atoms with van der Waals surface area (Å²) >= 11 is 1.78. The van der Waals surface area contributed by atoms with Crippen LogP contribution < -0.4 is 15.2 Å². The van der Waals surface area contributed by atoms with Gasteiger partial charge in [0.25, 0.3) is 0 Å². The number of unbranched alkanes of at least 4 members (excludes halogenated alkanes) is 2. The van der Waals surface area contributed by atoms with E-state index in [9.17, 15) is 9.59 Å². The Morgan fingerprint density at radius 3 is 2.74 bits per heavy atom. The van der Waals surface area contributed by atoms with Gasteiger partial charge in [-0.2, -0.15) is 0 Å². The molecule has 39 heavy (non-hydrogen) atoms. The van der Waals surface area contributed by atoms with Gasteiger partial charge in [0.15, 0.2) is 0 Å². The van der Waals surface area contributed by atoms with Crippen LogP contribution in [0.1, 0.15) is 39.0 Å². The number of nitrogens with one attached hydrogen (secondary N) is 1. The van der Waals surface area contributed by atoms with Crippen LogP contribution >= 0.6 is 11.3 Å². The van der Waals surface area contributed by atoms with E-state index in [2.05, 4.69) is 46.5 Å². The van der Waals surface area contributed by atoms with Gasteiger partial charge in [0.05, 0.1) is 44.8 Å². The summed E-state index contributed by atoms with van der Waals surface area (Å²) in [6.07, 6.45) is 4.25. The van der Waals surface area contributed by atoms with E-state index >= 15 is 0 Å². The molecule has 0 amide bonds. The van der Waals surface area contributed by atoms with Gasteiger partial charge in [-0.15, -0.1) is 11.3 Å². The molecule has 1 aliphatic rings. The Hall–Kier alpha value is -3.36. The van der Waals surface area contributed by atoms with Crippen LogP contribution in [0.4, 0.5) is 5.69 Å². The number of hydrogen-bond acceptors (Lipinski definition) is 6. The van der Waals surface area contributed by atoms with E-state index in [1.54, 1.807) is 11.3 Å². The van der Waals surface area contributed by atoms with Crippen molar-refractivity contribution in [2.75, 3.05) is 51.0 Å². The maximum atomic E-state index is 12.4. The van der Waals surface area contributed by atoms with Crippen LogP contribution in [0.25, 0.3) is 21.0 Å². The Morgan fingerprint density at radius 2 is 1.90 bits per heavy atom. The summed E-state index contributed by atoms with van der Waals surface area (Å²) in [5.74, 6) is 0.673. The SMILES string of the molecule is CCCCC(=O)OC[N+]1(CCCCOc2ccc3ccc(=O)[nH]c3c2)CCN(c2cccc3sccc23)CC1. The van der Waals surface area contributed by atoms with Gasteiger partial charge in [0.2, 0.25) is 12.3 Å². The van der Waals surface area contributed by atoms with Gasteiger partial charge in [0.1, 0.15) is 5.75 Å². The van der Waals surface area contributed by atoms with Gasteiger partial charge < -0.3 is 19.4 Å². The van der Waals surface area contributed by atoms with Crippen LogP contribution in [0.3, 0.4) is 0 Å².